The third-order valence-electron chi connectivity index (χ3n) is 6.03. The molecule has 7 heteroatoms. The molecule has 0 bridgehead atoms. The summed E-state index contributed by atoms with van der Waals surface area (Å²) in [5, 5.41) is 7.45. The lowest BCUT2D eigenvalue weighted by atomic mass is 10.0. The zero-order valence-electron chi connectivity index (χ0n) is 18.1. The fourth-order valence-corrected chi connectivity index (χ4v) is 4.36. The Bertz CT molecular complexity index is 1040. The SMILES string of the molecule is Cc1cccc(CN2CCC(NC(=O)CCc3c(C)nc4ncnn4c3C)CC2)c1. The van der Waals surface area contributed by atoms with Crippen LogP contribution in [0.3, 0.4) is 0 Å². The van der Waals surface area contributed by atoms with E-state index in [1.165, 1.54) is 17.5 Å². The van der Waals surface area contributed by atoms with Gasteiger partial charge in [0.15, 0.2) is 0 Å². The molecule has 0 unspecified atom stereocenters. The second-order valence-corrected chi connectivity index (χ2v) is 8.34. The number of carbonyl (C=O) groups is 1. The summed E-state index contributed by atoms with van der Waals surface area (Å²) < 4.78 is 1.74. The second-order valence-electron chi connectivity index (χ2n) is 8.34. The molecule has 2 aromatic heterocycles. The van der Waals surface area contributed by atoms with E-state index in [2.05, 4.69) is 56.5 Å². The Balaban J connectivity index is 1.25. The first-order chi connectivity index (χ1) is 14.5. The van der Waals surface area contributed by atoms with E-state index in [9.17, 15) is 4.79 Å². The molecule has 7 nitrogen and oxygen atoms in total. The van der Waals surface area contributed by atoms with Crippen LogP contribution in [0.25, 0.3) is 5.78 Å². The lowest BCUT2D eigenvalue weighted by Crippen LogP contribution is -2.44. The normalized spacial score (nSPS) is 15.6. The highest BCUT2D eigenvalue weighted by atomic mass is 16.1. The quantitative estimate of drug-likeness (QED) is 0.681. The molecule has 1 amide bonds. The summed E-state index contributed by atoms with van der Waals surface area (Å²) >= 11 is 0. The summed E-state index contributed by atoms with van der Waals surface area (Å²) in [7, 11) is 0. The molecule has 0 spiro atoms. The molecule has 158 valence electrons. The van der Waals surface area contributed by atoms with Crippen LogP contribution in [0.15, 0.2) is 30.6 Å². The summed E-state index contributed by atoms with van der Waals surface area (Å²) in [4.78, 5) is 23.7. The fraction of sp³-hybridized carbons (Fsp3) is 0.478. The molecule has 1 N–H and O–H groups in total. The topological polar surface area (TPSA) is 75.4 Å². The number of hydrogen-bond donors (Lipinski definition) is 1. The maximum atomic E-state index is 12.6. The van der Waals surface area contributed by atoms with Crippen molar-refractivity contribution < 1.29 is 4.79 Å². The average Bonchev–Trinajstić information content (AvgIpc) is 3.18. The van der Waals surface area contributed by atoms with Crippen LogP contribution in [0, 0.1) is 20.8 Å². The highest BCUT2D eigenvalue weighted by Crippen LogP contribution is 2.17. The molecule has 0 aliphatic carbocycles. The molecule has 1 fully saturated rings. The maximum Gasteiger partial charge on any atom is 0.252 e. The lowest BCUT2D eigenvalue weighted by molar-refractivity contribution is -0.122. The number of nitrogens with zero attached hydrogens (tertiary/aromatic N) is 5. The van der Waals surface area contributed by atoms with Crippen LogP contribution >= 0.6 is 0 Å². The molecule has 4 rings (SSSR count). The van der Waals surface area contributed by atoms with Crippen molar-refractivity contribution in [1.29, 1.82) is 0 Å². The molecule has 1 saturated heterocycles. The molecule has 0 atom stereocenters. The van der Waals surface area contributed by atoms with Crippen molar-refractivity contribution in [3.63, 3.8) is 0 Å². The van der Waals surface area contributed by atoms with E-state index < -0.39 is 0 Å². The van der Waals surface area contributed by atoms with Crippen molar-refractivity contribution >= 4 is 11.7 Å². The van der Waals surface area contributed by atoms with Crippen molar-refractivity contribution in [3.8, 4) is 0 Å². The Kier molecular flexibility index (Phi) is 6.08. The smallest absolute Gasteiger partial charge is 0.252 e. The van der Waals surface area contributed by atoms with Crippen LogP contribution in [0.2, 0.25) is 0 Å². The third-order valence-corrected chi connectivity index (χ3v) is 6.03. The minimum absolute atomic E-state index is 0.115. The first-order valence-electron chi connectivity index (χ1n) is 10.7. The highest BCUT2D eigenvalue weighted by Gasteiger charge is 2.21. The molecule has 30 heavy (non-hydrogen) atoms. The number of likely N-dealkylation sites (tertiary alicyclic amines) is 1. The molecular formula is C23H30N6O. The Morgan fingerprint density at radius 1 is 1.20 bits per heavy atom. The minimum Gasteiger partial charge on any atom is -0.353 e. The molecule has 1 aliphatic heterocycles. The van der Waals surface area contributed by atoms with E-state index in [-0.39, 0.29) is 11.9 Å². The molecule has 3 aromatic rings. The standard InChI is InChI=1S/C23H30N6O/c1-16-5-4-6-19(13-16)14-28-11-9-20(10-12-28)27-22(30)8-7-21-17(2)26-23-24-15-25-29(23)18(21)3/h4-6,13,15,20H,7-12,14H2,1-3H3,(H,27,30). The van der Waals surface area contributed by atoms with Gasteiger partial charge in [0.2, 0.25) is 5.91 Å². The van der Waals surface area contributed by atoms with Crippen LogP contribution < -0.4 is 5.32 Å². The first-order valence-corrected chi connectivity index (χ1v) is 10.7. The number of piperidine rings is 1. The Morgan fingerprint density at radius 2 is 2.00 bits per heavy atom. The number of benzene rings is 1. The summed E-state index contributed by atoms with van der Waals surface area (Å²) in [5.41, 5.74) is 5.67. The largest absolute Gasteiger partial charge is 0.353 e. The van der Waals surface area contributed by atoms with Crippen molar-refractivity contribution in [2.75, 3.05) is 13.1 Å². The van der Waals surface area contributed by atoms with Crippen molar-refractivity contribution in [2.24, 2.45) is 0 Å². The Hall–Kier alpha value is -2.80. The molecular weight excluding hydrogens is 376 g/mol. The Labute approximate surface area is 177 Å². The van der Waals surface area contributed by atoms with Gasteiger partial charge in [0, 0.05) is 43.5 Å². The van der Waals surface area contributed by atoms with Crippen molar-refractivity contribution in [2.45, 2.75) is 59.0 Å². The predicted octanol–water partition coefficient (Wildman–Crippen LogP) is 2.76. The number of nitrogens with one attached hydrogen (secondary N) is 1. The van der Waals surface area contributed by atoms with Gasteiger partial charge in [0.1, 0.15) is 6.33 Å². The van der Waals surface area contributed by atoms with Gasteiger partial charge in [-0.05, 0) is 51.2 Å². The van der Waals surface area contributed by atoms with Crippen molar-refractivity contribution in [1.82, 2.24) is 29.8 Å². The van der Waals surface area contributed by atoms with E-state index in [4.69, 9.17) is 0 Å². The zero-order valence-corrected chi connectivity index (χ0v) is 18.1. The van der Waals surface area contributed by atoms with E-state index in [0.29, 0.717) is 18.6 Å². The van der Waals surface area contributed by atoms with Gasteiger partial charge in [-0.15, -0.1) is 0 Å². The Morgan fingerprint density at radius 3 is 2.77 bits per heavy atom. The van der Waals surface area contributed by atoms with Crippen molar-refractivity contribution in [3.05, 3.63) is 58.7 Å². The molecule has 0 saturated carbocycles. The van der Waals surface area contributed by atoms with Crippen LogP contribution in [-0.4, -0.2) is 49.5 Å². The van der Waals surface area contributed by atoms with Gasteiger partial charge in [0.25, 0.3) is 5.78 Å². The van der Waals surface area contributed by atoms with Gasteiger partial charge >= 0.3 is 0 Å². The number of carbonyl (C=O) groups excluding carboxylic acids is 1. The van der Waals surface area contributed by atoms with E-state index >= 15 is 0 Å². The van der Waals surface area contributed by atoms with Gasteiger partial charge < -0.3 is 5.32 Å². The van der Waals surface area contributed by atoms with Gasteiger partial charge in [-0.3, -0.25) is 9.69 Å². The highest BCUT2D eigenvalue weighted by molar-refractivity contribution is 5.76. The lowest BCUT2D eigenvalue weighted by Gasteiger charge is -2.32. The molecule has 3 heterocycles. The van der Waals surface area contributed by atoms with Crippen LogP contribution in [-0.2, 0) is 17.8 Å². The summed E-state index contributed by atoms with van der Waals surface area (Å²) in [5.74, 6) is 0.722. The van der Waals surface area contributed by atoms with Gasteiger partial charge in [-0.25, -0.2) is 9.50 Å². The summed E-state index contributed by atoms with van der Waals surface area (Å²) in [6, 6.07) is 8.97. The third kappa shape index (κ3) is 4.67. The number of hydrogen-bond acceptors (Lipinski definition) is 5. The first kappa shape index (κ1) is 20.5. The van der Waals surface area contributed by atoms with Crippen LogP contribution in [0.4, 0.5) is 0 Å². The molecule has 1 aliphatic rings. The van der Waals surface area contributed by atoms with E-state index in [0.717, 1.165) is 49.4 Å². The van der Waals surface area contributed by atoms with Crippen LogP contribution in [0.5, 0.6) is 0 Å². The van der Waals surface area contributed by atoms with Crippen LogP contribution in [0.1, 0.15) is 47.3 Å². The number of amides is 1. The number of aryl methyl sites for hydroxylation is 3. The monoisotopic (exact) mass is 406 g/mol. The minimum atomic E-state index is 0.115. The summed E-state index contributed by atoms with van der Waals surface area (Å²) in [6.45, 7) is 9.13. The fourth-order valence-electron chi connectivity index (χ4n) is 4.36. The number of aromatic nitrogens is 4. The molecule has 1 aromatic carbocycles. The second kappa shape index (κ2) is 8.92. The number of rotatable bonds is 6. The van der Waals surface area contributed by atoms with Gasteiger partial charge in [0.05, 0.1) is 0 Å². The number of fused-ring (bicyclic) bond motifs is 1. The van der Waals surface area contributed by atoms with Gasteiger partial charge in [-0.1, -0.05) is 29.8 Å². The molecule has 0 radical (unpaired) electrons. The predicted molar refractivity (Wildman–Crippen MR) is 116 cm³/mol. The summed E-state index contributed by atoms with van der Waals surface area (Å²) in [6.07, 6.45) is 4.65. The van der Waals surface area contributed by atoms with E-state index in [1.54, 1.807) is 4.52 Å². The zero-order chi connectivity index (χ0) is 21.1. The van der Waals surface area contributed by atoms with E-state index in [1.807, 2.05) is 13.8 Å². The maximum absolute atomic E-state index is 12.6. The average molecular weight is 407 g/mol. The van der Waals surface area contributed by atoms with Gasteiger partial charge in [-0.2, -0.15) is 10.1 Å².